The first kappa shape index (κ1) is 29.5. The van der Waals surface area contributed by atoms with Crippen molar-refractivity contribution in [3.8, 4) is 0 Å². The van der Waals surface area contributed by atoms with Crippen LogP contribution in [0.15, 0.2) is 77.7 Å². The first-order valence-corrected chi connectivity index (χ1v) is 14.4. The fraction of sp³-hybridized carbons (Fsp3) is 0.286. The quantitative estimate of drug-likeness (QED) is 0.330. The number of rotatable bonds is 11. The van der Waals surface area contributed by atoms with Crippen molar-refractivity contribution in [2.45, 2.75) is 44.7 Å². The number of anilines is 1. The molecule has 1 N–H and O–H groups in total. The van der Waals surface area contributed by atoms with E-state index < -0.39 is 28.5 Å². The highest BCUT2D eigenvalue weighted by molar-refractivity contribution is 7.92. The number of likely N-dealkylation sites (N-methyl/N-ethyl adjacent to an activating group) is 1. The Morgan fingerprint density at radius 1 is 0.895 bits per heavy atom. The Labute approximate surface area is 234 Å². The number of sulfonamides is 1. The lowest BCUT2D eigenvalue weighted by molar-refractivity contribution is -0.140. The van der Waals surface area contributed by atoms with E-state index in [-0.39, 0.29) is 23.0 Å². The second-order valence-electron chi connectivity index (χ2n) is 8.64. The molecule has 0 bridgehead atoms. The van der Waals surface area contributed by atoms with E-state index in [1.54, 1.807) is 81.4 Å². The first-order chi connectivity index (χ1) is 18.1. The summed E-state index contributed by atoms with van der Waals surface area (Å²) in [6, 6.07) is 19.0. The molecule has 0 heterocycles. The molecular formula is C28H31Cl2N3O4S. The van der Waals surface area contributed by atoms with Gasteiger partial charge in [-0.25, -0.2) is 8.42 Å². The van der Waals surface area contributed by atoms with Crippen molar-refractivity contribution in [2.24, 2.45) is 0 Å². The Bertz CT molecular complexity index is 1380. The molecule has 0 aliphatic heterocycles. The van der Waals surface area contributed by atoms with Crippen molar-refractivity contribution in [2.75, 3.05) is 17.4 Å². The molecule has 0 unspecified atom stereocenters. The fourth-order valence-electron chi connectivity index (χ4n) is 4.12. The molecule has 38 heavy (non-hydrogen) atoms. The predicted octanol–water partition coefficient (Wildman–Crippen LogP) is 5.44. The summed E-state index contributed by atoms with van der Waals surface area (Å²) in [4.78, 5) is 28.4. The minimum absolute atomic E-state index is 0.0283. The van der Waals surface area contributed by atoms with Crippen LogP contribution < -0.4 is 9.62 Å². The molecule has 3 rings (SSSR count). The number of hydrogen-bond donors (Lipinski definition) is 1. The lowest BCUT2D eigenvalue weighted by Gasteiger charge is -2.33. The Hall–Kier alpha value is -3.07. The molecular weight excluding hydrogens is 545 g/mol. The van der Waals surface area contributed by atoms with Gasteiger partial charge in [0.1, 0.15) is 12.6 Å². The van der Waals surface area contributed by atoms with E-state index in [2.05, 4.69) is 5.32 Å². The Kier molecular flexibility index (Phi) is 10.2. The number of carbonyl (C=O) groups excluding carboxylic acids is 2. The Balaban J connectivity index is 2.11. The molecule has 3 aromatic carbocycles. The van der Waals surface area contributed by atoms with Gasteiger partial charge >= 0.3 is 0 Å². The van der Waals surface area contributed by atoms with Crippen LogP contribution in [0.4, 0.5) is 5.69 Å². The van der Waals surface area contributed by atoms with Crippen LogP contribution in [-0.4, -0.2) is 44.3 Å². The zero-order valence-electron chi connectivity index (χ0n) is 21.5. The summed E-state index contributed by atoms with van der Waals surface area (Å²) < 4.78 is 28.8. The van der Waals surface area contributed by atoms with Crippen LogP contribution >= 0.6 is 23.2 Å². The number of hydrogen-bond acceptors (Lipinski definition) is 4. The van der Waals surface area contributed by atoms with Crippen LogP contribution in [-0.2, 0) is 26.2 Å². The molecule has 0 saturated carbocycles. The average Bonchev–Trinajstić information content (AvgIpc) is 2.90. The second-order valence-corrected chi connectivity index (χ2v) is 11.3. The molecule has 202 valence electrons. The van der Waals surface area contributed by atoms with Crippen LogP contribution in [0.25, 0.3) is 0 Å². The van der Waals surface area contributed by atoms with Gasteiger partial charge in [-0.05, 0) is 61.7 Å². The lowest BCUT2D eigenvalue weighted by Crippen LogP contribution is -2.52. The Morgan fingerprint density at radius 3 is 2.16 bits per heavy atom. The molecule has 1 atom stereocenters. The second kappa shape index (κ2) is 13.1. The zero-order valence-corrected chi connectivity index (χ0v) is 23.9. The number of carbonyl (C=O) groups is 2. The molecule has 0 radical (unpaired) electrons. The highest BCUT2D eigenvalue weighted by atomic mass is 35.5. The van der Waals surface area contributed by atoms with Gasteiger partial charge in [0.15, 0.2) is 0 Å². The molecule has 10 heteroatoms. The van der Waals surface area contributed by atoms with E-state index in [1.165, 1.54) is 17.0 Å². The van der Waals surface area contributed by atoms with Crippen molar-refractivity contribution in [1.82, 2.24) is 10.2 Å². The van der Waals surface area contributed by atoms with Crippen LogP contribution in [0.1, 0.15) is 31.4 Å². The highest BCUT2D eigenvalue weighted by Gasteiger charge is 2.34. The van der Waals surface area contributed by atoms with Crippen molar-refractivity contribution in [1.29, 1.82) is 0 Å². The van der Waals surface area contributed by atoms with Gasteiger partial charge in [-0.15, -0.1) is 0 Å². The smallest absolute Gasteiger partial charge is 0.264 e. The van der Waals surface area contributed by atoms with Gasteiger partial charge in [-0.3, -0.25) is 13.9 Å². The average molecular weight is 577 g/mol. The van der Waals surface area contributed by atoms with E-state index in [1.807, 2.05) is 0 Å². The molecule has 0 aliphatic rings. The summed E-state index contributed by atoms with van der Waals surface area (Å²) >= 11 is 12.7. The van der Waals surface area contributed by atoms with Gasteiger partial charge in [0.2, 0.25) is 11.8 Å². The monoisotopic (exact) mass is 575 g/mol. The highest BCUT2D eigenvalue weighted by Crippen LogP contribution is 2.31. The molecule has 0 fully saturated rings. The summed E-state index contributed by atoms with van der Waals surface area (Å²) in [6.07, 6.45) is 0.323. The normalized spacial score (nSPS) is 12.0. The van der Waals surface area contributed by atoms with E-state index in [4.69, 9.17) is 23.2 Å². The van der Waals surface area contributed by atoms with Crippen molar-refractivity contribution in [3.63, 3.8) is 0 Å². The summed E-state index contributed by atoms with van der Waals surface area (Å²) in [6.45, 7) is 5.16. The largest absolute Gasteiger partial charge is 0.355 e. The van der Waals surface area contributed by atoms with Crippen molar-refractivity contribution in [3.05, 3.63) is 94.0 Å². The third-order valence-electron chi connectivity index (χ3n) is 6.15. The Morgan fingerprint density at radius 2 is 1.53 bits per heavy atom. The van der Waals surface area contributed by atoms with Gasteiger partial charge in [-0.2, -0.15) is 0 Å². The minimum atomic E-state index is -4.17. The van der Waals surface area contributed by atoms with Crippen molar-refractivity contribution >= 4 is 50.7 Å². The van der Waals surface area contributed by atoms with Gasteiger partial charge in [0, 0.05) is 23.1 Å². The van der Waals surface area contributed by atoms with Crippen LogP contribution in [0.3, 0.4) is 0 Å². The maximum absolute atomic E-state index is 14.0. The van der Waals surface area contributed by atoms with Gasteiger partial charge < -0.3 is 10.2 Å². The van der Waals surface area contributed by atoms with Crippen LogP contribution in [0.5, 0.6) is 0 Å². The van der Waals surface area contributed by atoms with E-state index in [9.17, 15) is 18.0 Å². The maximum Gasteiger partial charge on any atom is 0.264 e. The maximum atomic E-state index is 14.0. The molecule has 2 amide bonds. The summed E-state index contributed by atoms with van der Waals surface area (Å²) in [7, 11) is -4.17. The molecule has 0 spiro atoms. The van der Waals surface area contributed by atoms with Gasteiger partial charge in [-0.1, -0.05) is 72.6 Å². The third kappa shape index (κ3) is 6.67. The molecule has 7 nitrogen and oxygen atoms in total. The first-order valence-electron chi connectivity index (χ1n) is 12.2. The van der Waals surface area contributed by atoms with Gasteiger partial charge in [0.25, 0.3) is 10.0 Å². The number of nitrogens with zero attached hydrogens (tertiary/aromatic N) is 2. The van der Waals surface area contributed by atoms with Crippen LogP contribution in [0, 0.1) is 6.92 Å². The molecule has 0 aromatic heterocycles. The number of nitrogens with one attached hydrogen (secondary N) is 1. The van der Waals surface area contributed by atoms with E-state index in [0.29, 0.717) is 34.1 Å². The third-order valence-corrected chi connectivity index (χ3v) is 8.71. The minimum Gasteiger partial charge on any atom is -0.355 e. The zero-order chi connectivity index (χ0) is 27.9. The summed E-state index contributed by atoms with van der Waals surface area (Å²) in [5.74, 6) is -0.881. The van der Waals surface area contributed by atoms with Crippen molar-refractivity contribution < 1.29 is 18.0 Å². The molecule has 0 saturated heterocycles. The van der Waals surface area contributed by atoms with E-state index >= 15 is 0 Å². The number of benzene rings is 3. The number of halogens is 2. The standard InChI is InChI=1S/C28H31Cl2N3O4S/c1-4-25(28(35)31-5-2)32(18-21-12-9-10-15-24(21)30)27(34)19-33(26-17-11-16-23(29)20(26)3)38(36,37)22-13-7-6-8-14-22/h6-17,25H,4-5,18-19H2,1-3H3,(H,31,35)/t25-/m0/s1. The van der Waals surface area contributed by atoms with Gasteiger partial charge in [0.05, 0.1) is 10.6 Å². The SMILES string of the molecule is CCNC(=O)[C@H](CC)N(Cc1ccccc1Cl)C(=O)CN(c1cccc(Cl)c1C)S(=O)(=O)c1ccccc1. The molecule has 3 aromatic rings. The number of amides is 2. The summed E-state index contributed by atoms with van der Waals surface area (Å²) in [5, 5.41) is 3.58. The predicted molar refractivity (Wildman–Crippen MR) is 152 cm³/mol. The molecule has 0 aliphatic carbocycles. The van der Waals surface area contributed by atoms with Crippen LogP contribution in [0.2, 0.25) is 10.0 Å². The summed E-state index contributed by atoms with van der Waals surface area (Å²) in [5.41, 5.74) is 1.43. The lowest BCUT2D eigenvalue weighted by atomic mass is 10.1. The topological polar surface area (TPSA) is 86.8 Å². The fourth-order valence-corrected chi connectivity index (χ4v) is 5.98. The van der Waals surface area contributed by atoms with E-state index in [0.717, 1.165) is 4.31 Å².